The Kier molecular flexibility index (Phi) is 6.73. The fourth-order valence-electron chi connectivity index (χ4n) is 1.68. The molecule has 0 heterocycles. The van der Waals surface area contributed by atoms with E-state index < -0.39 is 18.0 Å². The number of ether oxygens (including phenoxy) is 1. The maximum Gasteiger partial charge on any atom is 0.335 e. The molecule has 0 saturated heterocycles. The lowest BCUT2D eigenvalue weighted by molar-refractivity contribution is -0.141. The van der Waals surface area contributed by atoms with Gasteiger partial charge in [-0.15, -0.1) is 0 Å². The maximum absolute atomic E-state index is 11.4. The second kappa shape index (κ2) is 8.57. The zero-order valence-corrected chi connectivity index (χ0v) is 11.7. The number of hydrogen-bond acceptors (Lipinski definition) is 4. The highest BCUT2D eigenvalue weighted by Gasteiger charge is 2.09. The molecule has 0 radical (unpaired) electrons. The molecule has 0 aromatic heterocycles. The monoisotopic (exact) mass is 294 g/mol. The van der Waals surface area contributed by atoms with E-state index >= 15 is 0 Å². The van der Waals surface area contributed by atoms with Gasteiger partial charge in [-0.25, -0.2) is 9.59 Å². The minimum Gasteiger partial charge on any atom is -0.478 e. The molecule has 1 aromatic rings. The minimum atomic E-state index is -1.00. The van der Waals surface area contributed by atoms with Crippen LogP contribution in [0.15, 0.2) is 24.3 Å². The summed E-state index contributed by atoms with van der Waals surface area (Å²) in [6.07, 6.45) is 0.384. The third kappa shape index (κ3) is 5.94. The van der Waals surface area contributed by atoms with E-state index in [4.69, 9.17) is 5.11 Å². The molecule has 1 rings (SSSR count). The molecule has 1 aromatic carbocycles. The predicted octanol–water partition coefficient (Wildman–Crippen LogP) is 0.790. The number of urea groups is 1. The molecule has 0 spiro atoms. The van der Waals surface area contributed by atoms with E-state index in [2.05, 4.69) is 15.4 Å². The highest BCUT2D eigenvalue weighted by Crippen LogP contribution is 2.08. The summed E-state index contributed by atoms with van der Waals surface area (Å²) in [4.78, 5) is 33.5. The summed E-state index contributed by atoms with van der Waals surface area (Å²) in [5.41, 5.74) is 0.849. The number of carbonyl (C=O) groups is 3. The summed E-state index contributed by atoms with van der Waals surface area (Å²) >= 11 is 0. The van der Waals surface area contributed by atoms with Crippen LogP contribution < -0.4 is 10.6 Å². The number of esters is 1. The van der Waals surface area contributed by atoms with Crippen molar-refractivity contribution < 1.29 is 24.2 Å². The van der Waals surface area contributed by atoms with Crippen LogP contribution >= 0.6 is 0 Å². The zero-order valence-electron chi connectivity index (χ0n) is 11.7. The van der Waals surface area contributed by atoms with E-state index in [-0.39, 0.29) is 25.3 Å². The van der Waals surface area contributed by atoms with Gasteiger partial charge in [0.2, 0.25) is 0 Å². The average Bonchev–Trinajstić information content (AvgIpc) is 2.46. The second-order valence-electron chi connectivity index (χ2n) is 4.13. The van der Waals surface area contributed by atoms with E-state index in [0.29, 0.717) is 12.0 Å². The number of nitrogens with one attached hydrogen (secondary N) is 2. The van der Waals surface area contributed by atoms with Crippen LogP contribution in [0.2, 0.25) is 0 Å². The van der Waals surface area contributed by atoms with E-state index in [1.807, 2.05) is 0 Å². The molecule has 21 heavy (non-hydrogen) atoms. The standard InChI is InChI=1S/C14H18N2O5/c1-2-21-12(17)9-16-14(20)15-8-7-10-5-3-4-6-11(10)13(18)19/h3-6H,2,7-9H2,1H3,(H,18,19)(H2,15,16,20). The molecule has 7 heteroatoms. The lowest BCUT2D eigenvalue weighted by atomic mass is 10.0. The summed E-state index contributed by atoms with van der Waals surface area (Å²) in [6, 6.07) is 6.09. The van der Waals surface area contributed by atoms with Gasteiger partial charge in [-0.3, -0.25) is 4.79 Å². The molecule has 0 aliphatic rings. The second-order valence-corrected chi connectivity index (χ2v) is 4.13. The lowest BCUT2D eigenvalue weighted by Crippen LogP contribution is -2.39. The van der Waals surface area contributed by atoms with Gasteiger partial charge in [0.05, 0.1) is 12.2 Å². The number of carbonyl (C=O) groups excluding carboxylic acids is 2. The maximum atomic E-state index is 11.4. The fraction of sp³-hybridized carbons (Fsp3) is 0.357. The first kappa shape index (κ1) is 16.5. The highest BCUT2D eigenvalue weighted by atomic mass is 16.5. The van der Waals surface area contributed by atoms with Crippen LogP contribution in [0, 0.1) is 0 Å². The summed E-state index contributed by atoms with van der Waals surface area (Å²) in [5, 5.41) is 13.9. The smallest absolute Gasteiger partial charge is 0.335 e. The molecule has 0 bridgehead atoms. The molecule has 0 aliphatic heterocycles. The summed E-state index contributed by atoms with van der Waals surface area (Å²) < 4.78 is 4.66. The van der Waals surface area contributed by atoms with Crippen LogP contribution in [0.25, 0.3) is 0 Å². The number of carboxylic acids is 1. The van der Waals surface area contributed by atoms with Crippen molar-refractivity contribution >= 4 is 18.0 Å². The van der Waals surface area contributed by atoms with Crippen molar-refractivity contribution in [2.75, 3.05) is 19.7 Å². The van der Waals surface area contributed by atoms with E-state index in [1.54, 1.807) is 25.1 Å². The first-order chi connectivity index (χ1) is 10.0. The van der Waals surface area contributed by atoms with Crippen molar-refractivity contribution in [3.8, 4) is 0 Å². The van der Waals surface area contributed by atoms with Crippen molar-refractivity contribution in [1.82, 2.24) is 10.6 Å². The van der Waals surface area contributed by atoms with Crippen LogP contribution in [0.1, 0.15) is 22.8 Å². The van der Waals surface area contributed by atoms with Crippen LogP contribution in [0.4, 0.5) is 4.79 Å². The zero-order chi connectivity index (χ0) is 15.7. The molecule has 0 unspecified atom stereocenters. The quantitative estimate of drug-likeness (QED) is 0.645. The first-order valence-corrected chi connectivity index (χ1v) is 6.53. The van der Waals surface area contributed by atoms with Crippen molar-refractivity contribution in [2.45, 2.75) is 13.3 Å². The molecule has 2 amide bonds. The van der Waals surface area contributed by atoms with E-state index in [1.165, 1.54) is 6.07 Å². The molecular formula is C14H18N2O5. The largest absolute Gasteiger partial charge is 0.478 e. The van der Waals surface area contributed by atoms with Gasteiger partial charge in [0, 0.05) is 6.54 Å². The predicted molar refractivity (Wildman–Crippen MR) is 75.1 cm³/mol. The first-order valence-electron chi connectivity index (χ1n) is 6.53. The molecule has 3 N–H and O–H groups in total. The van der Waals surface area contributed by atoms with Crippen LogP contribution in [-0.2, 0) is 16.0 Å². The highest BCUT2D eigenvalue weighted by molar-refractivity contribution is 5.89. The number of hydrogen-bond donors (Lipinski definition) is 3. The van der Waals surface area contributed by atoms with Gasteiger partial charge in [0.15, 0.2) is 0 Å². The Bertz CT molecular complexity index is 516. The van der Waals surface area contributed by atoms with Gasteiger partial charge < -0.3 is 20.5 Å². The number of carboxylic acid groups (broad SMARTS) is 1. The van der Waals surface area contributed by atoms with Crippen LogP contribution in [-0.4, -0.2) is 42.8 Å². The van der Waals surface area contributed by atoms with E-state index in [0.717, 1.165) is 0 Å². The molecule has 7 nitrogen and oxygen atoms in total. The molecule has 0 aliphatic carbocycles. The summed E-state index contributed by atoms with van der Waals surface area (Å²) in [5.74, 6) is -1.51. The molecule has 0 saturated carbocycles. The Labute approximate surface area is 122 Å². The number of aromatic carboxylic acids is 1. The molecule has 0 atom stereocenters. The molecule has 0 fully saturated rings. The van der Waals surface area contributed by atoms with Gasteiger partial charge in [-0.05, 0) is 25.0 Å². The van der Waals surface area contributed by atoms with Crippen molar-refractivity contribution in [3.05, 3.63) is 35.4 Å². The summed E-state index contributed by atoms with van der Waals surface area (Å²) in [6.45, 7) is 2.00. The van der Waals surface area contributed by atoms with Gasteiger partial charge in [-0.2, -0.15) is 0 Å². The number of rotatable bonds is 7. The Balaban J connectivity index is 2.35. The molecular weight excluding hydrogens is 276 g/mol. The Morgan fingerprint density at radius 1 is 1.19 bits per heavy atom. The third-order valence-corrected chi connectivity index (χ3v) is 2.63. The van der Waals surface area contributed by atoms with Gasteiger partial charge in [0.1, 0.15) is 6.54 Å². The SMILES string of the molecule is CCOC(=O)CNC(=O)NCCc1ccccc1C(=O)O. The Morgan fingerprint density at radius 2 is 1.90 bits per heavy atom. The van der Waals surface area contributed by atoms with Crippen molar-refractivity contribution in [1.29, 1.82) is 0 Å². The number of amides is 2. The fourth-order valence-corrected chi connectivity index (χ4v) is 1.68. The van der Waals surface area contributed by atoms with Crippen LogP contribution in [0.3, 0.4) is 0 Å². The average molecular weight is 294 g/mol. The summed E-state index contributed by atoms with van der Waals surface area (Å²) in [7, 11) is 0. The topological polar surface area (TPSA) is 105 Å². The van der Waals surface area contributed by atoms with Gasteiger partial charge in [0.25, 0.3) is 0 Å². The van der Waals surface area contributed by atoms with Gasteiger partial charge in [-0.1, -0.05) is 18.2 Å². The Hall–Kier alpha value is -2.57. The third-order valence-electron chi connectivity index (χ3n) is 2.63. The van der Waals surface area contributed by atoms with E-state index in [9.17, 15) is 14.4 Å². The lowest BCUT2D eigenvalue weighted by Gasteiger charge is -2.08. The van der Waals surface area contributed by atoms with Crippen LogP contribution in [0.5, 0.6) is 0 Å². The minimum absolute atomic E-state index is 0.203. The number of benzene rings is 1. The Morgan fingerprint density at radius 3 is 2.57 bits per heavy atom. The van der Waals surface area contributed by atoms with Gasteiger partial charge >= 0.3 is 18.0 Å². The van der Waals surface area contributed by atoms with Crippen molar-refractivity contribution in [2.24, 2.45) is 0 Å². The normalized spacial score (nSPS) is 9.76. The van der Waals surface area contributed by atoms with Crippen molar-refractivity contribution in [3.63, 3.8) is 0 Å². The molecule has 114 valence electrons.